The molecule has 0 radical (unpaired) electrons. The maximum absolute atomic E-state index is 2.61. The van der Waals surface area contributed by atoms with Crippen molar-refractivity contribution in [1.82, 2.24) is 0 Å². The fourth-order valence-electron chi connectivity index (χ4n) is 6.35. The molecular weight excluding hydrogens is 530 g/mol. The van der Waals surface area contributed by atoms with Gasteiger partial charge in [0.05, 0.1) is 0 Å². The topological polar surface area (TPSA) is 3.24 Å². The van der Waals surface area contributed by atoms with Crippen molar-refractivity contribution in [2.75, 3.05) is 11.4 Å². The molecule has 0 N–H and O–H groups in total. The van der Waals surface area contributed by atoms with Crippen molar-refractivity contribution >= 4 is 27.6 Å². The van der Waals surface area contributed by atoms with Crippen molar-refractivity contribution in [1.29, 1.82) is 0 Å². The molecule has 0 atom stereocenters. The van der Waals surface area contributed by atoms with Gasteiger partial charge < -0.3 is 4.90 Å². The van der Waals surface area contributed by atoms with Crippen LogP contribution in [-0.2, 0) is 5.41 Å². The van der Waals surface area contributed by atoms with Gasteiger partial charge in [0.25, 0.3) is 0 Å². The highest BCUT2D eigenvalue weighted by Crippen LogP contribution is 2.51. The van der Waals surface area contributed by atoms with Crippen molar-refractivity contribution in [2.45, 2.75) is 114 Å². The molecule has 0 amide bonds. The molecule has 0 aromatic heterocycles. The van der Waals surface area contributed by atoms with Gasteiger partial charge in [-0.2, -0.15) is 0 Å². The molecule has 0 spiro atoms. The molecule has 0 bridgehead atoms. The lowest BCUT2D eigenvalue weighted by molar-refractivity contribution is 0.622. The van der Waals surface area contributed by atoms with Crippen LogP contribution in [0.2, 0.25) is 0 Å². The molecule has 1 nitrogen and oxygen atoms in total. The SMILES string of the molecule is CC.CC.CC.CCCCCN1/C(=C/C=C2/C(C)=C(\C=C\CC(C)C)c3ccccc32)C(C)(C)c2c1ccc1ccccc21. The first-order valence-corrected chi connectivity index (χ1v) is 17.5. The summed E-state index contributed by atoms with van der Waals surface area (Å²) in [6.07, 6.45) is 14.3. The number of unbranched alkanes of at least 4 members (excludes halogenated alkanes) is 2. The summed E-state index contributed by atoms with van der Waals surface area (Å²) in [5.41, 5.74) is 11.0. The lowest BCUT2D eigenvalue weighted by Gasteiger charge is -2.27. The number of benzene rings is 3. The fraction of sp³-hybridized carbons (Fsp3) is 0.442. The Morgan fingerprint density at radius 1 is 0.773 bits per heavy atom. The molecule has 0 saturated heterocycles. The Hall–Kier alpha value is -3.32. The Kier molecular flexibility index (Phi) is 15.0. The summed E-state index contributed by atoms with van der Waals surface area (Å²) in [6, 6.07) is 22.4. The van der Waals surface area contributed by atoms with E-state index in [0.29, 0.717) is 5.92 Å². The minimum absolute atomic E-state index is 0.0742. The van der Waals surface area contributed by atoms with Crippen LogP contribution in [0.3, 0.4) is 0 Å². The summed E-state index contributed by atoms with van der Waals surface area (Å²) in [5, 5.41) is 2.71. The molecule has 44 heavy (non-hydrogen) atoms. The first-order valence-electron chi connectivity index (χ1n) is 17.5. The third-order valence-corrected chi connectivity index (χ3v) is 8.35. The second kappa shape index (κ2) is 17.8. The zero-order chi connectivity index (χ0) is 32.9. The molecule has 0 saturated carbocycles. The van der Waals surface area contributed by atoms with Crippen LogP contribution in [0.4, 0.5) is 5.69 Å². The quantitative estimate of drug-likeness (QED) is 0.236. The van der Waals surface area contributed by atoms with Gasteiger partial charge in [-0.25, -0.2) is 0 Å². The van der Waals surface area contributed by atoms with Gasteiger partial charge in [-0.1, -0.05) is 162 Å². The molecule has 0 fully saturated rings. The number of anilines is 1. The van der Waals surface area contributed by atoms with Gasteiger partial charge in [0.1, 0.15) is 0 Å². The molecule has 1 heteroatoms. The second-order valence-electron chi connectivity index (χ2n) is 11.9. The molecular formula is C43H61N. The Morgan fingerprint density at radius 3 is 2.07 bits per heavy atom. The van der Waals surface area contributed by atoms with Crippen molar-refractivity contribution < 1.29 is 0 Å². The zero-order valence-electron chi connectivity index (χ0n) is 30.1. The standard InChI is InChI=1S/C37H43N.3C2H6/c1-7-8-13-25-38-34-23-21-28-16-9-10-17-31(28)36(34)37(5,6)35(38)24-22-30-27(4)29(20-14-15-26(2)3)32-18-11-12-19-33(30)32;3*1-2/h9-12,14,16-24,26H,7-8,13,15,25H2,1-6H3;3*1-2H3/b20-14+,30-22-,35-24+;;;. The summed E-state index contributed by atoms with van der Waals surface area (Å²) in [5.74, 6) is 0.671. The van der Waals surface area contributed by atoms with E-state index in [4.69, 9.17) is 0 Å². The van der Waals surface area contributed by atoms with Gasteiger partial charge in [0, 0.05) is 23.3 Å². The van der Waals surface area contributed by atoms with Crippen LogP contribution in [0, 0.1) is 5.92 Å². The maximum atomic E-state index is 2.61. The Balaban J connectivity index is 0.00000106. The predicted octanol–water partition coefficient (Wildman–Crippen LogP) is 13.6. The molecule has 5 rings (SSSR count). The van der Waals surface area contributed by atoms with Crippen LogP contribution >= 0.6 is 0 Å². The largest absolute Gasteiger partial charge is 0.344 e. The summed E-state index contributed by atoms with van der Waals surface area (Å²) in [4.78, 5) is 2.61. The van der Waals surface area contributed by atoms with Gasteiger partial charge in [-0.3, -0.25) is 0 Å². The summed E-state index contributed by atoms with van der Waals surface area (Å²) in [7, 11) is 0. The van der Waals surface area contributed by atoms with Crippen molar-refractivity contribution in [3.8, 4) is 0 Å². The van der Waals surface area contributed by atoms with Gasteiger partial charge >= 0.3 is 0 Å². The predicted molar refractivity (Wildman–Crippen MR) is 202 cm³/mol. The lowest BCUT2D eigenvalue weighted by atomic mass is 9.81. The van der Waals surface area contributed by atoms with Gasteiger partial charge in [-0.05, 0) is 82.0 Å². The molecule has 3 aromatic rings. The minimum Gasteiger partial charge on any atom is -0.344 e. The monoisotopic (exact) mass is 591 g/mol. The van der Waals surface area contributed by atoms with E-state index in [1.807, 2.05) is 41.5 Å². The first-order chi connectivity index (χ1) is 21.3. The van der Waals surface area contributed by atoms with Crippen LogP contribution in [0.15, 0.2) is 96.2 Å². The van der Waals surface area contributed by atoms with E-state index in [0.717, 1.165) is 13.0 Å². The summed E-state index contributed by atoms with van der Waals surface area (Å²) in [6.45, 7) is 27.0. The van der Waals surface area contributed by atoms with Crippen LogP contribution in [0.25, 0.3) is 21.9 Å². The summed E-state index contributed by atoms with van der Waals surface area (Å²) < 4.78 is 0. The molecule has 0 unspecified atom stereocenters. The van der Waals surface area contributed by atoms with Crippen molar-refractivity contribution in [3.63, 3.8) is 0 Å². The van der Waals surface area contributed by atoms with E-state index < -0.39 is 0 Å². The minimum atomic E-state index is -0.0742. The number of nitrogens with zero attached hydrogens (tertiary/aromatic N) is 1. The zero-order valence-corrected chi connectivity index (χ0v) is 30.1. The Bertz CT molecular complexity index is 1460. The molecule has 1 heterocycles. The van der Waals surface area contributed by atoms with Gasteiger partial charge in [-0.15, -0.1) is 0 Å². The van der Waals surface area contributed by atoms with Crippen LogP contribution in [0.5, 0.6) is 0 Å². The first kappa shape index (κ1) is 36.9. The maximum Gasteiger partial charge on any atom is 0.0457 e. The normalized spacial score (nSPS) is 16.4. The van der Waals surface area contributed by atoms with Crippen LogP contribution < -0.4 is 4.90 Å². The number of hydrogen-bond donors (Lipinski definition) is 0. The Morgan fingerprint density at radius 2 is 1.41 bits per heavy atom. The van der Waals surface area contributed by atoms with E-state index in [2.05, 4.69) is 131 Å². The smallest absolute Gasteiger partial charge is 0.0457 e. The Labute approximate surface area is 271 Å². The molecule has 3 aromatic carbocycles. The molecule has 1 aliphatic carbocycles. The highest BCUT2D eigenvalue weighted by atomic mass is 15.2. The lowest BCUT2D eigenvalue weighted by Crippen LogP contribution is -2.27. The average Bonchev–Trinajstić information content (AvgIpc) is 3.44. The highest BCUT2D eigenvalue weighted by Gasteiger charge is 2.41. The van der Waals surface area contributed by atoms with E-state index >= 15 is 0 Å². The van der Waals surface area contributed by atoms with Crippen molar-refractivity contribution in [3.05, 3.63) is 113 Å². The number of allylic oxidation sites excluding steroid dienone is 8. The number of fused-ring (bicyclic) bond motifs is 4. The van der Waals surface area contributed by atoms with E-state index in [-0.39, 0.29) is 5.41 Å². The molecule has 2 aliphatic rings. The van der Waals surface area contributed by atoms with Crippen LogP contribution in [-0.4, -0.2) is 6.54 Å². The average molecular weight is 592 g/mol. The molecule has 238 valence electrons. The van der Waals surface area contributed by atoms with Gasteiger partial charge in [0.2, 0.25) is 0 Å². The number of rotatable bonds is 8. The fourth-order valence-corrected chi connectivity index (χ4v) is 6.35. The van der Waals surface area contributed by atoms with Gasteiger partial charge in [0.15, 0.2) is 0 Å². The van der Waals surface area contributed by atoms with Crippen LogP contribution in [0.1, 0.15) is 125 Å². The third kappa shape index (κ3) is 7.84. The van der Waals surface area contributed by atoms with Crippen molar-refractivity contribution in [2.24, 2.45) is 5.92 Å². The number of hydrogen-bond acceptors (Lipinski definition) is 1. The molecule has 1 aliphatic heterocycles. The summed E-state index contributed by atoms with van der Waals surface area (Å²) >= 11 is 0. The second-order valence-corrected chi connectivity index (χ2v) is 11.9. The van der Waals surface area contributed by atoms with E-state index in [1.54, 1.807) is 0 Å². The highest BCUT2D eigenvalue weighted by molar-refractivity contribution is 6.03. The van der Waals surface area contributed by atoms with E-state index in [9.17, 15) is 0 Å². The van der Waals surface area contributed by atoms with E-state index in [1.165, 1.54) is 74.8 Å². The third-order valence-electron chi connectivity index (χ3n) is 8.35.